The highest BCUT2D eigenvalue weighted by Crippen LogP contribution is 2.28. The first-order valence-corrected chi connectivity index (χ1v) is 7.36. The maximum absolute atomic E-state index is 11.0. The predicted molar refractivity (Wildman–Crippen MR) is 81.9 cm³/mol. The number of benzene rings is 1. The first-order chi connectivity index (χ1) is 10.1. The Morgan fingerprint density at radius 2 is 2.14 bits per heavy atom. The summed E-state index contributed by atoms with van der Waals surface area (Å²) < 4.78 is 1.92. The minimum atomic E-state index is -0.304. The summed E-state index contributed by atoms with van der Waals surface area (Å²) in [6, 6.07) is 7.67. The topological polar surface area (TPSA) is 72.9 Å². The van der Waals surface area contributed by atoms with E-state index in [4.69, 9.17) is 17.3 Å². The molecule has 0 bridgehead atoms. The smallest absolute Gasteiger partial charge is 0.219 e. The van der Waals surface area contributed by atoms with Gasteiger partial charge in [-0.25, -0.2) is 0 Å². The molecule has 0 saturated carbocycles. The van der Waals surface area contributed by atoms with Crippen LogP contribution in [0.2, 0.25) is 5.02 Å². The van der Waals surface area contributed by atoms with Crippen LogP contribution < -0.4 is 11.1 Å². The molecule has 0 fully saturated rings. The molecule has 110 valence electrons. The number of primary amides is 1. The molecule has 3 N–H and O–H groups in total. The van der Waals surface area contributed by atoms with E-state index in [0.29, 0.717) is 18.0 Å². The van der Waals surface area contributed by atoms with Crippen molar-refractivity contribution >= 4 is 17.5 Å². The maximum atomic E-state index is 11.0. The van der Waals surface area contributed by atoms with E-state index in [9.17, 15) is 4.79 Å². The van der Waals surface area contributed by atoms with Gasteiger partial charge in [0.25, 0.3) is 0 Å². The number of nitrogens with two attached hydrogens (primary N) is 1. The van der Waals surface area contributed by atoms with Gasteiger partial charge in [-0.05, 0) is 12.1 Å². The third-order valence-electron chi connectivity index (χ3n) is 3.69. The summed E-state index contributed by atoms with van der Waals surface area (Å²) in [6.07, 6.45) is 1.22. The number of hydrogen-bond acceptors (Lipinski definition) is 3. The third-order valence-corrected chi connectivity index (χ3v) is 3.95. The number of fused-ring (bicyclic) bond motifs is 1. The number of amides is 1. The Balaban J connectivity index is 2.00. The molecule has 6 heteroatoms. The van der Waals surface area contributed by atoms with Crippen LogP contribution in [-0.2, 0) is 24.3 Å². The zero-order valence-corrected chi connectivity index (χ0v) is 12.4. The number of carbonyl (C=O) groups is 1. The molecule has 0 unspecified atom stereocenters. The van der Waals surface area contributed by atoms with Crippen LogP contribution >= 0.6 is 11.6 Å². The molecule has 3 rings (SSSR count). The van der Waals surface area contributed by atoms with Gasteiger partial charge in [-0.15, -0.1) is 0 Å². The van der Waals surface area contributed by atoms with Gasteiger partial charge in [0, 0.05) is 54.3 Å². The average Bonchev–Trinajstić information content (AvgIpc) is 2.85. The first-order valence-electron chi connectivity index (χ1n) is 6.98. The molecule has 1 aliphatic rings. The molecule has 0 saturated heterocycles. The summed E-state index contributed by atoms with van der Waals surface area (Å²) in [6.45, 7) is 2.25. The lowest BCUT2D eigenvalue weighted by atomic mass is 10.0. The van der Waals surface area contributed by atoms with E-state index >= 15 is 0 Å². The van der Waals surface area contributed by atoms with Gasteiger partial charge in [0.05, 0.1) is 5.69 Å². The average molecular weight is 305 g/mol. The summed E-state index contributed by atoms with van der Waals surface area (Å²) in [5, 5.41) is 8.77. The van der Waals surface area contributed by atoms with Crippen molar-refractivity contribution in [1.29, 1.82) is 0 Å². The van der Waals surface area contributed by atoms with Gasteiger partial charge in [0.2, 0.25) is 5.91 Å². The predicted octanol–water partition coefficient (Wildman–Crippen LogP) is 1.72. The standard InChI is InChI=1S/C15H17ClN4O/c16-11-3-1-10(2-4-11)15-12-9-18-7-5-13(12)20(19-15)8-6-14(17)21/h1-4,18H,5-9H2,(H2,17,21). The van der Waals surface area contributed by atoms with Crippen LogP contribution in [-0.4, -0.2) is 22.2 Å². The molecule has 1 aromatic carbocycles. The molecule has 0 atom stereocenters. The minimum Gasteiger partial charge on any atom is -0.370 e. The van der Waals surface area contributed by atoms with E-state index in [1.54, 1.807) is 0 Å². The largest absolute Gasteiger partial charge is 0.370 e. The van der Waals surface area contributed by atoms with Gasteiger partial charge >= 0.3 is 0 Å². The molecule has 5 nitrogen and oxygen atoms in total. The van der Waals surface area contributed by atoms with Crippen LogP contribution in [0.1, 0.15) is 17.7 Å². The van der Waals surface area contributed by atoms with Crippen molar-refractivity contribution in [1.82, 2.24) is 15.1 Å². The number of rotatable bonds is 4. The van der Waals surface area contributed by atoms with Gasteiger partial charge in [-0.1, -0.05) is 23.7 Å². The molecule has 1 aromatic heterocycles. The molecule has 1 aliphatic heterocycles. The SMILES string of the molecule is NC(=O)CCn1nc(-c2ccc(Cl)cc2)c2c1CCNC2. The van der Waals surface area contributed by atoms with Crippen LogP contribution in [0, 0.1) is 0 Å². The van der Waals surface area contributed by atoms with E-state index in [1.807, 2.05) is 28.9 Å². The summed E-state index contributed by atoms with van der Waals surface area (Å²) >= 11 is 5.94. The van der Waals surface area contributed by atoms with E-state index in [-0.39, 0.29) is 5.91 Å². The first kappa shape index (κ1) is 14.1. The van der Waals surface area contributed by atoms with Gasteiger partial charge in [-0.2, -0.15) is 5.10 Å². The van der Waals surface area contributed by atoms with Crippen molar-refractivity contribution < 1.29 is 4.79 Å². The Bertz CT molecular complexity index is 663. The summed E-state index contributed by atoms with van der Waals surface area (Å²) in [4.78, 5) is 11.0. The highest BCUT2D eigenvalue weighted by atomic mass is 35.5. The highest BCUT2D eigenvalue weighted by molar-refractivity contribution is 6.30. The lowest BCUT2D eigenvalue weighted by Gasteiger charge is -2.15. The molecule has 1 amide bonds. The number of nitrogens with one attached hydrogen (secondary N) is 1. The third kappa shape index (κ3) is 2.94. The number of aryl methyl sites for hydroxylation is 1. The second kappa shape index (κ2) is 5.87. The fourth-order valence-electron chi connectivity index (χ4n) is 2.66. The van der Waals surface area contributed by atoms with Crippen molar-refractivity contribution in [3.63, 3.8) is 0 Å². The van der Waals surface area contributed by atoms with Crippen LogP contribution in [0.3, 0.4) is 0 Å². The quantitative estimate of drug-likeness (QED) is 0.903. The molecule has 2 aromatic rings. The Labute approximate surface area is 128 Å². The Kier molecular flexibility index (Phi) is 3.94. The highest BCUT2D eigenvalue weighted by Gasteiger charge is 2.21. The van der Waals surface area contributed by atoms with Gasteiger partial charge in [-0.3, -0.25) is 9.48 Å². The number of aromatic nitrogens is 2. The summed E-state index contributed by atoms with van der Waals surface area (Å²) in [5.74, 6) is -0.304. The van der Waals surface area contributed by atoms with Gasteiger partial charge < -0.3 is 11.1 Å². The molecule has 0 radical (unpaired) electrons. The van der Waals surface area contributed by atoms with E-state index in [0.717, 1.165) is 30.8 Å². The molecular formula is C15H17ClN4O. The van der Waals surface area contributed by atoms with E-state index < -0.39 is 0 Å². The van der Waals surface area contributed by atoms with Crippen molar-refractivity contribution in [3.8, 4) is 11.3 Å². The number of halogens is 1. The van der Waals surface area contributed by atoms with Crippen molar-refractivity contribution in [2.45, 2.75) is 25.9 Å². The molecule has 0 aliphatic carbocycles. The van der Waals surface area contributed by atoms with Crippen LogP contribution in [0.15, 0.2) is 24.3 Å². The molecule has 2 heterocycles. The fraction of sp³-hybridized carbons (Fsp3) is 0.333. The monoisotopic (exact) mass is 304 g/mol. The molecule has 0 spiro atoms. The zero-order chi connectivity index (χ0) is 14.8. The van der Waals surface area contributed by atoms with E-state index in [1.165, 1.54) is 11.3 Å². The second-order valence-corrected chi connectivity index (χ2v) is 5.58. The van der Waals surface area contributed by atoms with Gasteiger partial charge in [0.1, 0.15) is 0 Å². The number of nitrogens with zero attached hydrogens (tertiary/aromatic N) is 2. The Morgan fingerprint density at radius 1 is 1.38 bits per heavy atom. The Hall–Kier alpha value is -1.85. The molecular weight excluding hydrogens is 288 g/mol. The molecule has 21 heavy (non-hydrogen) atoms. The lowest BCUT2D eigenvalue weighted by molar-refractivity contribution is -0.118. The van der Waals surface area contributed by atoms with Crippen molar-refractivity contribution in [3.05, 3.63) is 40.5 Å². The summed E-state index contributed by atoms with van der Waals surface area (Å²) in [5.41, 5.74) is 9.64. The number of hydrogen-bond donors (Lipinski definition) is 2. The lowest BCUT2D eigenvalue weighted by Crippen LogP contribution is -2.25. The second-order valence-electron chi connectivity index (χ2n) is 5.15. The van der Waals surface area contributed by atoms with Crippen molar-refractivity contribution in [2.75, 3.05) is 6.54 Å². The summed E-state index contributed by atoms with van der Waals surface area (Å²) in [7, 11) is 0. The fourth-order valence-corrected chi connectivity index (χ4v) is 2.79. The van der Waals surface area contributed by atoms with Crippen molar-refractivity contribution in [2.24, 2.45) is 5.73 Å². The normalized spacial score (nSPS) is 14.0. The Morgan fingerprint density at radius 3 is 2.86 bits per heavy atom. The van der Waals surface area contributed by atoms with Crippen LogP contribution in [0.25, 0.3) is 11.3 Å². The van der Waals surface area contributed by atoms with Crippen LogP contribution in [0.4, 0.5) is 0 Å². The van der Waals surface area contributed by atoms with Crippen LogP contribution in [0.5, 0.6) is 0 Å². The zero-order valence-electron chi connectivity index (χ0n) is 11.6. The minimum absolute atomic E-state index is 0.304. The maximum Gasteiger partial charge on any atom is 0.219 e. The van der Waals surface area contributed by atoms with Gasteiger partial charge in [0.15, 0.2) is 0 Å². The number of carbonyl (C=O) groups excluding carboxylic acids is 1. The van der Waals surface area contributed by atoms with E-state index in [2.05, 4.69) is 10.4 Å².